The van der Waals surface area contributed by atoms with Crippen molar-refractivity contribution in [1.29, 1.82) is 0 Å². The number of hydrogen-bond donors (Lipinski definition) is 2. The average Bonchev–Trinajstić information content (AvgIpc) is 2.30. The minimum absolute atomic E-state index is 0.104. The SMILES string of the molecule is COC(CNC(=O)CC1CSCCN1)C(C)C. The van der Waals surface area contributed by atoms with E-state index in [1.807, 2.05) is 11.8 Å². The fraction of sp³-hybridized carbons (Fsp3) is 0.917. The van der Waals surface area contributed by atoms with Crippen LogP contribution < -0.4 is 10.6 Å². The zero-order chi connectivity index (χ0) is 12.7. The van der Waals surface area contributed by atoms with E-state index < -0.39 is 0 Å². The van der Waals surface area contributed by atoms with Gasteiger partial charge in [-0.15, -0.1) is 0 Å². The van der Waals surface area contributed by atoms with E-state index in [1.165, 1.54) is 0 Å². The van der Waals surface area contributed by atoms with Crippen molar-refractivity contribution in [2.45, 2.75) is 32.4 Å². The summed E-state index contributed by atoms with van der Waals surface area (Å²) in [5.41, 5.74) is 0. The molecule has 2 N–H and O–H groups in total. The van der Waals surface area contributed by atoms with E-state index in [0.717, 1.165) is 18.1 Å². The van der Waals surface area contributed by atoms with Crippen molar-refractivity contribution >= 4 is 17.7 Å². The van der Waals surface area contributed by atoms with Crippen molar-refractivity contribution in [3.63, 3.8) is 0 Å². The van der Waals surface area contributed by atoms with Gasteiger partial charge in [0.2, 0.25) is 5.91 Å². The molecule has 1 heterocycles. The van der Waals surface area contributed by atoms with Crippen LogP contribution >= 0.6 is 11.8 Å². The van der Waals surface area contributed by atoms with Gasteiger partial charge in [-0.3, -0.25) is 4.79 Å². The standard InChI is InChI=1S/C12H24N2O2S/c1-9(2)11(16-3)7-14-12(15)6-10-8-17-5-4-13-10/h9-11,13H,4-8H2,1-3H3,(H,14,15). The van der Waals surface area contributed by atoms with Gasteiger partial charge in [0, 0.05) is 44.2 Å². The molecule has 2 unspecified atom stereocenters. The second kappa shape index (κ2) is 7.95. The van der Waals surface area contributed by atoms with E-state index in [9.17, 15) is 4.79 Å². The summed E-state index contributed by atoms with van der Waals surface area (Å²) in [5.74, 6) is 2.72. The van der Waals surface area contributed by atoms with Gasteiger partial charge in [-0.25, -0.2) is 0 Å². The third kappa shape index (κ3) is 5.75. The van der Waals surface area contributed by atoms with Crippen LogP contribution in [0.4, 0.5) is 0 Å². The fourth-order valence-electron chi connectivity index (χ4n) is 1.85. The first-order valence-corrected chi connectivity index (χ1v) is 7.39. The van der Waals surface area contributed by atoms with Crippen LogP contribution in [0.2, 0.25) is 0 Å². The van der Waals surface area contributed by atoms with Crippen molar-refractivity contribution in [3.05, 3.63) is 0 Å². The zero-order valence-corrected chi connectivity index (χ0v) is 11.8. The van der Waals surface area contributed by atoms with Crippen LogP contribution in [0.3, 0.4) is 0 Å². The predicted octanol–water partition coefficient (Wildman–Crippen LogP) is 0.869. The summed E-state index contributed by atoms with van der Waals surface area (Å²) in [6.45, 7) is 5.81. The topological polar surface area (TPSA) is 50.4 Å². The number of rotatable bonds is 6. The van der Waals surface area contributed by atoms with E-state index in [-0.39, 0.29) is 12.0 Å². The quantitative estimate of drug-likeness (QED) is 0.744. The lowest BCUT2D eigenvalue weighted by Gasteiger charge is -2.24. The molecule has 0 bridgehead atoms. The summed E-state index contributed by atoms with van der Waals surface area (Å²) < 4.78 is 5.32. The number of nitrogens with one attached hydrogen (secondary N) is 2. The Bertz CT molecular complexity index is 231. The molecule has 0 radical (unpaired) electrons. The number of thioether (sulfide) groups is 1. The molecular formula is C12H24N2O2S. The second-order valence-electron chi connectivity index (χ2n) is 4.75. The Morgan fingerprint density at radius 2 is 2.35 bits per heavy atom. The Morgan fingerprint density at radius 3 is 2.88 bits per heavy atom. The summed E-state index contributed by atoms with van der Waals surface area (Å²) in [7, 11) is 1.69. The average molecular weight is 260 g/mol. The predicted molar refractivity (Wildman–Crippen MR) is 72.4 cm³/mol. The maximum Gasteiger partial charge on any atom is 0.221 e. The van der Waals surface area contributed by atoms with Crippen LogP contribution in [0, 0.1) is 5.92 Å². The molecule has 1 rings (SSSR count). The van der Waals surface area contributed by atoms with Crippen LogP contribution in [0.1, 0.15) is 20.3 Å². The summed E-state index contributed by atoms with van der Waals surface area (Å²) in [4.78, 5) is 11.7. The highest BCUT2D eigenvalue weighted by Gasteiger charge is 2.18. The summed E-state index contributed by atoms with van der Waals surface area (Å²) in [6, 6.07) is 0.328. The Hall–Kier alpha value is -0.260. The molecule has 2 atom stereocenters. The summed E-state index contributed by atoms with van der Waals surface area (Å²) in [6.07, 6.45) is 0.675. The molecule has 1 fully saturated rings. The van der Waals surface area contributed by atoms with Gasteiger partial charge in [-0.05, 0) is 5.92 Å². The maximum absolute atomic E-state index is 11.7. The van der Waals surface area contributed by atoms with Gasteiger partial charge in [0.1, 0.15) is 0 Å². The van der Waals surface area contributed by atoms with Gasteiger partial charge in [0.15, 0.2) is 0 Å². The number of ether oxygens (including phenoxy) is 1. The smallest absolute Gasteiger partial charge is 0.221 e. The first-order chi connectivity index (χ1) is 8.13. The molecule has 5 heteroatoms. The molecule has 0 aromatic carbocycles. The first-order valence-electron chi connectivity index (χ1n) is 6.24. The monoisotopic (exact) mass is 260 g/mol. The molecule has 4 nitrogen and oxygen atoms in total. The Balaban J connectivity index is 2.19. The van der Waals surface area contributed by atoms with E-state index in [1.54, 1.807) is 7.11 Å². The minimum atomic E-state index is 0.104. The lowest BCUT2D eigenvalue weighted by molar-refractivity contribution is -0.122. The summed E-state index contributed by atoms with van der Waals surface area (Å²) in [5, 5.41) is 6.31. The van der Waals surface area contributed by atoms with Gasteiger partial charge < -0.3 is 15.4 Å². The Morgan fingerprint density at radius 1 is 1.59 bits per heavy atom. The Labute approximate surface area is 108 Å². The van der Waals surface area contributed by atoms with Crippen LogP contribution in [0.15, 0.2) is 0 Å². The van der Waals surface area contributed by atoms with Crippen LogP contribution in [0.5, 0.6) is 0 Å². The lowest BCUT2D eigenvalue weighted by Crippen LogP contribution is -2.43. The number of amides is 1. The normalized spacial score (nSPS) is 22.5. The zero-order valence-electron chi connectivity index (χ0n) is 11.0. The van der Waals surface area contributed by atoms with Crippen molar-refractivity contribution in [3.8, 4) is 0 Å². The molecule has 100 valence electrons. The number of hydrogen-bond acceptors (Lipinski definition) is 4. The highest BCUT2D eigenvalue weighted by Crippen LogP contribution is 2.10. The van der Waals surface area contributed by atoms with Crippen molar-refractivity contribution in [1.82, 2.24) is 10.6 Å². The van der Waals surface area contributed by atoms with Crippen LogP contribution in [0.25, 0.3) is 0 Å². The van der Waals surface area contributed by atoms with Crippen molar-refractivity contribution in [2.24, 2.45) is 5.92 Å². The maximum atomic E-state index is 11.7. The molecule has 0 aromatic heterocycles. The van der Waals surface area contributed by atoms with E-state index >= 15 is 0 Å². The number of carbonyl (C=O) groups excluding carboxylic acids is 1. The number of methoxy groups -OCH3 is 1. The largest absolute Gasteiger partial charge is 0.379 e. The fourth-order valence-corrected chi connectivity index (χ4v) is 2.80. The molecule has 1 aliphatic heterocycles. The highest BCUT2D eigenvalue weighted by molar-refractivity contribution is 7.99. The highest BCUT2D eigenvalue weighted by atomic mass is 32.2. The molecule has 0 aromatic rings. The third-order valence-corrected chi connectivity index (χ3v) is 4.11. The Kier molecular flexibility index (Phi) is 6.92. The van der Waals surface area contributed by atoms with E-state index in [2.05, 4.69) is 24.5 Å². The molecule has 0 spiro atoms. The molecular weight excluding hydrogens is 236 g/mol. The molecule has 17 heavy (non-hydrogen) atoms. The molecule has 1 amide bonds. The van der Waals surface area contributed by atoms with Crippen LogP contribution in [-0.4, -0.2) is 49.8 Å². The second-order valence-corrected chi connectivity index (χ2v) is 5.90. The first kappa shape index (κ1) is 14.8. The van der Waals surface area contributed by atoms with Gasteiger partial charge in [0.25, 0.3) is 0 Å². The molecule has 0 aliphatic carbocycles. The lowest BCUT2D eigenvalue weighted by atomic mass is 10.1. The van der Waals surface area contributed by atoms with Crippen molar-refractivity contribution < 1.29 is 9.53 Å². The van der Waals surface area contributed by atoms with E-state index in [0.29, 0.717) is 24.9 Å². The minimum Gasteiger partial charge on any atom is -0.379 e. The summed E-state index contributed by atoms with van der Waals surface area (Å²) >= 11 is 1.91. The van der Waals surface area contributed by atoms with Gasteiger partial charge >= 0.3 is 0 Å². The van der Waals surface area contributed by atoms with Crippen LogP contribution in [-0.2, 0) is 9.53 Å². The molecule has 0 saturated carbocycles. The van der Waals surface area contributed by atoms with Gasteiger partial charge in [-0.1, -0.05) is 13.8 Å². The molecule has 1 saturated heterocycles. The number of carbonyl (C=O) groups is 1. The van der Waals surface area contributed by atoms with Crippen molar-refractivity contribution in [2.75, 3.05) is 31.7 Å². The third-order valence-electron chi connectivity index (χ3n) is 2.98. The molecule has 1 aliphatic rings. The van der Waals surface area contributed by atoms with Gasteiger partial charge in [0.05, 0.1) is 6.10 Å². The van der Waals surface area contributed by atoms with Gasteiger partial charge in [-0.2, -0.15) is 11.8 Å². The van der Waals surface area contributed by atoms with E-state index in [4.69, 9.17) is 4.74 Å².